The first-order valence-electron chi connectivity index (χ1n) is 7.20. The first kappa shape index (κ1) is 16.2. The minimum Gasteiger partial charge on any atom is -0.335 e. The van der Waals surface area contributed by atoms with Crippen molar-refractivity contribution in [2.45, 2.75) is 28.0 Å². The van der Waals surface area contributed by atoms with E-state index in [0.717, 1.165) is 0 Å². The van der Waals surface area contributed by atoms with Gasteiger partial charge in [-0.1, -0.05) is 18.2 Å². The molecule has 2 heterocycles. The van der Waals surface area contributed by atoms with E-state index < -0.39 is 25.1 Å². The predicted octanol–water partition coefficient (Wildman–Crippen LogP) is 1.04. The molecule has 1 aliphatic rings. The summed E-state index contributed by atoms with van der Waals surface area (Å²) < 4.78 is 51.2. The molecule has 7 nitrogen and oxygen atoms in total. The van der Waals surface area contributed by atoms with Gasteiger partial charge in [-0.3, -0.25) is 0 Å². The Balaban J connectivity index is 1.74. The highest BCUT2D eigenvalue weighted by Gasteiger charge is 2.36. The van der Waals surface area contributed by atoms with Crippen LogP contribution in [0.15, 0.2) is 52.8 Å². The molecule has 0 atom stereocenters. The molecule has 0 saturated carbocycles. The summed E-state index contributed by atoms with van der Waals surface area (Å²) in [5, 5.41) is -0.528. The lowest BCUT2D eigenvalue weighted by Gasteiger charge is -2.30. The number of imidazole rings is 1. The van der Waals surface area contributed by atoms with Crippen LogP contribution in [0.1, 0.15) is 12.8 Å². The van der Waals surface area contributed by atoms with E-state index in [2.05, 4.69) is 9.97 Å². The van der Waals surface area contributed by atoms with Gasteiger partial charge in [-0.15, -0.1) is 0 Å². The Morgan fingerprint density at radius 1 is 1.04 bits per heavy atom. The second-order valence-corrected chi connectivity index (χ2v) is 9.51. The zero-order valence-electron chi connectivity index (χ0n) is 12.3. The molecule has 3 rings (SSSR count). The molecule has 1 aromatic heterocycles. The van der Waals surface area contributed by atoms with E-state index in [0.29, 0.717) is 0 Å². The summed E-state index contributed by atoms with van der Waals surface area (Å²) in [6, 6.07) is 8.28. The maximum atomic E-state index is 12.6. The van der Waals surface area contributed by atoms with Crippen molar-refractivity contribution in [3.8, 4) is 0 Å². The standard InChI is InChI=1S/C14H17N3O4S2/c18-22(19,12-4-2-1-3-5-12)13-6-8-17(9-7-13)23(20,21)14-10-15-11-16-14/h1-5,10-11,13H,6-9H2,(H,15,16). The van der Waals surface area contributed by atoms with Crippen LogP contribution in [-0.4, -0.2) is 49.4 Å². The van der Waals surface area contributed by atoms with Crippen molar-refractivity contribution in [2.24, 2.45) is 0 Å². The van der Waals surface area contributed by atoms with E-state index >= 15 is 0 Å². The van der Waals surface area contributed by atoms with Crippen LogP contribution in [-0.2, 0) is 19.9 Å². The zero-order valence-corrected chi connectivity index (χ0v) is 13.9. The molecule has 1 N–H and O–H groups in total. The average molecular weight is 355 g/mol. The minimum atomic E-state index is -3.63. The Morgan fingerprint density at radius 3 is 2.26 bits per heavy atom. The van der Waals surface area contributed by atoms with E-state index in [-0.39, 0.29) is 35.9 Å². The number of nitrogens with one attached hydrogen (secondary N) is 1. The number of hydrogen-bond donors (Lipinski definition) is 1. The molecule has 0 spiro atoms. The molecular weight excluding hydrogens is 338 g/mol. The van der Waals surface area contributed by atoms with Gasteiger partial charge in [0.15, 0.2) is 14.9 Å². The monoisotopic (exact) mass is 355 g/mol. The van der Waals surface area contributed by atoms with Crippen LogP contribution in [0.3, 0.4) is 0 Å². The third-order valence-corrected chi connectivity index (χ3v) is 8.10. The molecular formula is C14H17N3O4S2. The highest BCUT2D eigenvalue weighted by atomic mass is 32.2. The number of piperidine rings is 1. The Morgan fingerprint density at radius 2 is 1.70 bits per heavy atom. The Bertz CT molecular complexity index is 854. The summed E-state index contributed by atoms with van der Waals surface area (Å²) in [6.45, 7) is 0.357. The number of nitrogens with zero attached hydrogens (tertiary/aromatic N) is 2. The fourth-order valence-corrected chi connectivity index (χ4v) is 5.83. The van der Waals surface area contributed by atoms with Gasteiger partial charge in [0.2, 0.25) is 0 Å². The van der Waals surface area contributed by atoms with Gasteiger partial charge in [0.05, 0.1) is 22.7 Å². The minimum absolute atomic E-state index is 0.0295. The van der Waals surface area contributed by atoms with Gasteiger partial charge in [-0.25, -0.2) is 21.8 Å². The fourth-order valence-electron chi connectivity index (χ4n) is 2.71. The van der Waals surface area contributed by atoms with Gasteiger partial charge in [0.1, 0.15) is 0 Å². The number of H-pyrrole nitrogens is 1. The molecule has 0 aliphatic carbocycles. The molecule has 1 aromatic carbocycles. The van der Waals surface area contributed by atoms with Crippen LogP contribution in [0, 0.1) is 0 Å². The lowest BCUT2D eigenvalue weighted by atomic mass is 10.2. The summed E-state index contributed by atoms with van der Waals surface area (Å²) in [5.74, 6) is 0. The van der Waals surface area contributed by atoms with E-state index in [1.54, 1.807) is 30.3 Å². The molecule has 2 aromatic rings. The van der Waals surface area contributed by atoms with E-state index in [9.17, 15) is 16.8 Å². The van der Waals surface area contributed by atoms with E-state index in [4.69, 9.17) is 0 Å². The number of rotatable bonds is 4. The normalized spacial score (nSPS) is 18.1. The summed E-state index contributed by atoms with van der Waals surface area (Å²) in [7, 11) is -7.06. The Labute approximate surface area is 135 Å². The summed E-state index contributed by atoms with van der Waals surface area (Å²) in [6.07, 6.45) is 3.12. The van der Waals surface area contributed by atoms with Crippen molar-refractivity contribution in [1.29, 1.82) is 0 Å². The lowest BCUT2D eigenvalue weighted by Crippen LogP contribution is -2.42. The third kappa shape index (κ3) is 3.04. The topological polar surface area (TPSA) is 100 Å². The van der Waals surface area contributed by atoms with Crippen LogP contribution >= 0.6 is 0 Å². The predicted molar refractivity (Wildman–Crippen MR) is 84.0 cm³/mol. The number of hydrogen-bond acceptors (Lipinski definition) is 5. The molecule has 124 valence electrons. The highest BCUT2D eigenvalue weighted by Crippen LogP contribution is 2.26. The average Bonchev–Trinajstić information content (AvgIpc) is 3.11. The molecule has 0 bridgehead atoms. The van der Waals surface area contributed by atoms with Crippen molar-refractivity contribution in [2.75, 3.05) is 13.1 Å². The van der Waals surface area contributed by atoms with Gasteiger partial charge in [-0.2, -0.15) is 4.31 Å². The molecule has 23 heavy (non-hydrogen) atoms. The smallest absolute Gasteiger partial charge is 0.260 e. The van der Waals surface area contributed by atoms with Gasteiger partial charge >= 0.3 is 0 Å². The van der Waals surface area contributed by atoms with Gasteiger partial charge in [-0.05, 0) is 25.0 Å². The van der Waals surface area contributed by atoms with Crippen molar-refractivity contribution >= 4 is 19.9 Å². The van der Waals surface area contributed by atoms with E-state index in [1.807, 2.05) is 0 Å². The molecule has 1 saturated heterocycles. The zero-order chi connectivity index (χ0) is 16.5. The largest absolute Gasteiger partial charge is 0.335 e. The molecule has 0 radical (unpaired) electrons. The SMILES string of the molecule is O=S(=O)(c1ccccc1)C1CCN(S(=O)(=O)c2cnc[nH]2)CC1. The third-order valence-electron chi connectivity index (χ3n) is 4.00. The first-order chi connectivity index (χ1) is 10.9. The van der Waals surface area contributed by atoms with Crippen LogP contribution in [0.5, 0.6) is 0 Å². The van der Waals surface area contributed by atoms with Crippen LogP contribution < -0.4 is 0 Å². The number of sulfonamides is 1. The van der Waals surface area contributed by atoms with Crippen LogP contribution in [0.2, 0.25) is 0 Å². The van der Waals surface area contributed by atoms with Crippen molar-refractivity contribution in [3.63, 3.8) is 0 Å². The van der Waals surface area contributed by atoms with Gasteiger partial charge in [0, 0.05) is 13.1 Å². The highest BCUT2D eigenvalue weighted by molar-refractivity contribution is 7.92. The Kier molecular flexibility index (Phi) is 4.26. The van der Waals surface area contributed by atoms with Crippen molar-refractivity contribution < 1.29 is 16.8 Å². The van der Waals surface area contributed by atoms with Crippen LogP contribution in [0.4, 0.5) is 0 Å². The molecule has 9 heteroatoms. The maximum Gasteiger partial charge on any atom is 0.260 e. The number of aromatic amines is 1. The quantitative estimate of drug-likeness (QED) is 0.883. The number of benzene rings is 1. The summed E-state index contributed by atoms with van der Waals surface area (Å²) >= 11 is 0. The number of sulfone groups is 1. The first-order valence-corrected chi connectivity index (χ1v) is 10.2. The second kappa shape index (κ2) is 6.06. The fraction of sp³-hybridized carbons (Fsp3) is 0.357. The molecule has 1 aliphatic heterocycles. The van der Waals surface area contributed by atoms with Gasteiger partial charge in [0.25, 0.3) is 10.0 Å². The van der Waals surface area contributed by atoms with Crippen molar-refractivity contribution in [1.82, 2.24) is 14.3 Å². The van der Waals surface area contributed by atoms with E-state index in [1.165, 1.54) is 16.8 Å². The summed E-state index contributed by atoms with van der Waals surface area (Å²) in [5.41, 5.74) is 0. The second-order valence-electron chi connectivity index (χ2n) is 5.38. The maximum absolute atomic E-state index is 12.6. The Hall–Kier alpha value is -1.71. The van der Waals surface area contributed by atoms with Crippen LogP contribution in [0.25, 0.3) is 0 Å². The lowest BCUT2D eigenvalue weighted by molar-refractivity contribution is 0.344. The molecule has 0 unspecified atom stereocenters. The van der Waals surface area contributed by atoms with Crippen molar-refractivity contribution in [3.05, 3.63) is 42.9 Å². The number of aromatic nitrogens is 2. The molecule has 1 fully saturated rings. The molecule has 0 amide bonds. The van der Waals surface area contributed by atoms with Gasteiger partial charge < -0.3 is 4.98 Å². The summed E-state index contributed by atoms with van der Waals surface area (Å²) in [4.78, 5) is 6.59.